The predicted octanol–water partition coefficient (Wildman–Crippen LogP) is 5.12. The zero-order chi connectivity index (χ0) is 27.9. The molecule has 1 aromatic heterocycles. The van der Waals surface area contributed by atoms with E-state index in [9.17, 15) is 0 Å². The number of nitrogens with zero attached hydrogens (tertiary/aromatic N) is 2. The largest absolute Gasteiger partial charge is 0.380 e. The molecule has 5 fully saturated rings. The van der Waals surface area contributed by atoms with Gasteiger partial charge in [0.25, 0.3) is 0 Å². The van der Waals surface area contributed by atoms with Crippen molar-refractivity contribution in [1.29, 1.82) is 0 Å². The van der Waals surface area contributed by atoms with Crippen LogP contribution in [0.3, 0.4) is 0 Å². The molecule has 4 bridgehead atoms. The second kappa shape index (κ2) is 12.1. The van der Waals surface area contributed by atoms with Gasteiger partial charge in [0.2, 0.25) is 0 Å². The maximum atomic E-state index is 5.50. The average Bonchev–Trinajstić information content (AvgIpc) is 3.18. The highest BCUT2D eigenvalue weighted by Gasteiger charge is 2.47. The SMILES string of the molecule is CC(C)(C)C1CCC2CNSC3CCCC(N3)NC(c3cc(C4COC4)ccn3)CC[C@@H]3CN(C2N1)C(C)(C)C3. The normalized spacial score (nSPS) is 39.4. The standard InChI is InChI=1S/C32H54N6OS/c1-31(2,3)27-12-10-23-17-34-40-29-8-6-7-28(37-29)35-25(26-15-22(13-14-33-26)24-19-39-20-24)11-9-21-16-32(4,5)38(18-21)30(23)36-27/h13-15,21,23-25,27-30,34-37H,6-12,16-20H2,1-5H3/t21-,23?,25?,27?,28?,29?,30?/m0/s1. The van der Waals surface area contributed by atoms with Crippen LogP contribution in [-0.4, -0.2) is 65.5 Å². The summed E-state index contributed by atoms with van der Waals surface area (Å²) in [5.74, 6) is 1.86. The summed E-state index contributed by atoms with van der Waals surface area (Å²) in [7, 11) is 0. The highest BCUT2D eigenvalue weighted by molar-refractivity contribution is 7.98. The lowest BCUT2D eigenvalue weighted by Crippen LogP contribution is -2.63. The van der Waals surface area contributed by atoms with Crippen LogP contribution in [0.1, 0.15) is 109 Å². The molecule has 0 radical (unpaired) electrons. The third-order valence-electron chi connectivity index (χ3n) is 10.5. The van der Waals surface area contributed by atoms with Gasteiger partial charge in [-0.2, -0.15) is 0 Å². The molecular formula is C32H54N6OS. The van der Waals surface area contributed by atoms with Crippen LogP contribution in [0, 0.1) is 17.3 Å². The third-order valence-corrected chi connectivity index (χ3v) is 11.5. The van der Waals surface area contributed by atoms with Crippen molar-refractivity contribution in [2.24, 2.45) is 17.3 Å². The van der Waals surface area contributed by atoms with Crippen LogP contribution in [-0.2, 0) is 4.74 Å². The summed E-state index contributed by atoms with van der Waals surface area (Å²) in [5, 5.41) is 12.6. The van der Waals surface area contributed by atoms with Crippen molar-refractivity contribution in [1.82, 2.24) is 30.6 Å². The number of pyridine rings is 1. The van der Waals surface area contributed by atoms with E-state index in [1.807, 2.05) is 18.1 Å². The van der Waals surface area contributed by atoms with E-state index in [1.54, 1.807) is 0 Å². The lowest BCUT2D eigenvalue weighted by Gasteiger charge is -2.50. The van der Waals surface area contributed by atoms with Crippen molar-refractivity contribution < 1.29 is 4.74 Å². The number of fused-ring (bicyclic) bond motifs is 6. The molecule has 224 valence electrons. The van der Waals surface area contributed by atoms with Crippen LogP contribution < -0.4 is 20.7 Å². The van der Waals surface area contributed by atoms with Gasteiger partial charge in [0.05, 0.1) is 42.7 Å². The molecule has 7 unspecified atom stereocenters. The molecular weight excluding hydrogens is 516 g/mol. The molecule has 5 saturated heterocycles. The average molecular weight is 571 g/mol. The first-order valence-electron chi connectivity index (χ1n) is 16.1. The van der Waals surface area contributed by atoms with Crippen molar-refractivity contribution in [2.75, 3.05) is 26.3 Å². The molecule has 6 rings (SSSR count). The fourth-order valence-electron chi connectivity index (χ4n) is 7.98. The number of aromatic nitrogens is 1. The van der Waals surface area contributed by atoms with E-state index in [-0.39, 0.29) is 17.0 Å². The number of hydrogen-bond donors (Lipinski definition) is 4. The van der Waals surface area contributed by atoms with Gasteiger partial charge in [-0.1, -0.05) is 32.7 Å². The minimum absolute atomic E-state index is 0.202. The molecule has 7 nitrogen and oxygen atoms in total. The molecule has 5 aliphatic heterocycles. The fourth-order valence-corrected chi connectivity index (χ4v) is 9.01. The van der Waals surface area contributed by atoms with Crippen molar-refractivity contribution in [3.63, 3.8) is 0 Å². The van der Waals surface area contributed by atoms with E-state index in [2.05, 4.69) is 72.3 Å². The predicted molar refractivity (Wildman–Crippen MR) is 165 cm³/mol. The first-order valence-corrected chi connectivity index (χ1v) is 17.0. The Hall–Kier alpha value is -0.740. The van der Waals surface area contributed by atoms with Gasteiger partial charge in [0.15, 0.2) is 0 Å². The van der Waals surface area contributed by atoms with Crippen LogP contribution in [0.15, 0.2) is 18.3 Å². The van der Waals surface area contributed by atoms with Gasteiger partial charge in [-0.25, -0.2) is 0 Å². The fraction of sp³-hybridized carbons (Fsp3) is 0.844. The Morgan fingerprint density at radius 2 is 1.88 bits per heavy atom. The van der Waals surface area contributed by atoms with E-state index >= 15 is 0 Å². The van der Waals surface area contributed by atoms with Crippen molar-refractivity contribution in [3.8, 4) is 0 Å². The molecule has 0 aliphatic carbocycles. The van der Waals surface area contributed by atoms with Gasteiger partial charge < -0.3 is 4.74 Å². The van der Waals surface area contributed by atoms with Gasteiger partial charge in [-0.3, -0.25) is 30.6 Å². The van der Waals surface area contributed by atoms with Gasteiger partial charge in [-0.05, 0) is 94.2 Å². The number of hydrogen-bond acceptors (Lipinski definition) is 8. The van der Waals surface area contributed by atoms with Crippen molar-refractivity contribution in [3.05, 3.63) is 29.6 Å². The van der Waals surface area contributed by atoms with Crippen LogP contribution in [0.4, 0.5) is 0 Å². The maximum Gasteiger partial charge on any atom is 0.0690 e. The number of ether oxygens (including phenoxy) is 1. The Morgan fingerprint density at radius 1 is 1.02 bits per heavy atom. The van der Waals surface area contributed by atoms with Crippen molar-refractivity contribution >= 4 is 11.9 Å². The monoisotopic (exact) mass is 570 g/mol. The summed E-state index contributed by atoms with van der Waals surface area (Å²) in [6, 6.07) is 5.38. The third kappa shape index (κ3) is 6.58. The molecule has 5 aliphatic rings. The minimum atomic E-state index is 0.202. The number of nitrogens with one attached hydrogen (secondary N) is 4. The Balaban J connectivity index is 1.25. The molecule has 0 aromatic carbocycles. The first kappa shape index (κ1) is 29.3. The topological polar surface area (TPSA) is 73.5 Å². The van der Waals surface area contributed by atoms with E-state index in [4.69, 9.17) is 9.72 Å². The van der Waals surface area contributed by atoms with Crippen LogP contribution >= 0.6 is 11.9 Å². The minimum Gasteiger partial charge on any atom is -0.380 e. The smallest absolute Gasteiger partial charge is 0.0690 e. The van der Waals surface area contributed by atoms with E-state index in [0.29, 0.717) is 41.5 Å². The lowest BCUT2D eigenvalue weighted by atomic mass is 9.78. The van der Waals surface area contributed by atoms with Crippen molar-refractivity contribution in [2.45, 2.75) is 127 Å². The molecule has 8 heteroatoms. The summed E-state index contributed by atoms with van der Waals surface area (Å²) in [6.07, 6.45) is 12.6. The molecule has 0 spiro atoms. The summed E-state index contributed by atoms with van der Waals surface area (Å²) >= 11 is 1.93. The first-order chi connectivity index (χ1) is 19.2. The van der Waals surface area contributed by atoms with E-state index < -0.39 is 0 Å². The second-order valence-electron chi connectivity index (χ2n) is 15.1. The number of piperidine rings is 2. The summed E-state index contributed by atoms with van der Waals surface area (Å²) in [6.45, 7) is 16.1. The molecule has 1 aromatic rings. The molecule has 8 atom stereocenters. The highest BCUT2D eigenvalue weighted by atomic mass is 32.2. The second-order valence-corrected chi connectivity index (χ2v) is 16.1. The van der Waals surface area contributed by atoms with Gasteiger partial charge >= 0.3 is 0 Å². The maximum absolute atomic E-state index is 5.50. The summed E-state index contributed by atoms with van der Waals surface area (Å²) < 4.78 is 9.36. The van der Waals surface area contributed by atoms with E-state index in [0.717, 1.165) is 26.2 Å². The zero-order valence-corrected chi connectivity index (χ0v) is 26.4. The zero-order valence-electron chi connectivity index (χ0n) is 25.5. The van der Waals surface area contributed by atoms with Crippen LogP contribution in [0.2, 0.25) is 0 Å². The molecule has 6 heterocycles. The van der Waals surface area contributed by atoms with Gasteiger partial charge in [0.1, 0.15) is 0 Å². The highest BCUT2D eigenvalue weighted by Crippen LogP contribution is 2.42. The Bertz CT molecular complexity index is 996. The molecule has 4 N–H and O–H groups in total. The van der Waals surface area contributed by atoms with Gasteiger partial charge in [-0.15, -0.1) is 0 Å². The summed E-state index contributed by atoms with van der Waals surface area (Å²) in [4.78, 5) is 7.79. The molecule has 40 heavy (non-hydrogen) atoms. The van der Waals surface area contributed by atoms with Crippen LogP contribution in [0.5, 0.6) is 0 Å². The number of rotatable bonds is 2. The Labute approximate surface area is 247 Å². The lowest BCUT2D eigenvalue weighted by molar-refractivity contribution is 0.00551. The van der Waals surface area contributed by atoms with Crippen LogP contribution in [0.25, 0.3) is 0 Å². The molecule has 0 saturated carbocycles. The van der Waals surface area contributed by atoms with Gasteiger partial charge in [0, 0.05) is 42.7 Å². The quantitative estimate of drug-likeness (QED) is 0.365. The molecule has 0 amide bonds. The Morgan fingerprint density at radius 3 is 2.65 bits per heavy atom. The summed E-state index contributed by atoms with van der Waals surface area (Å²) in [5.41, 5.74) is 3.08. The van der Waals surface area contributed by atoms with E-state index in [1.165, 1.54) is 62.7 Å². The Kier molecular flexibility index (Phi) is 8.87.